The number of nitrogens with one attached hydrogen (secondary N) is 3. The number of piperazine rings is 1. The van der Waals surface area contributed by atoms with E-state index in [9.17, 15) is 18.0 Å². The maximum atomic E-state index is 13.5. The van der Waals surface area contributed by atoms with Gasteiger partial charge in [0, 0.05) is 44.5 Å². The number of aromatic amines is 1. The lowest BCUT2D eigenvalue weighted by Gasteiger charge is -2.36. The molecule has 6 rings (SSSR count). The molecule has 0 spiro atoms. The van der Waals surface area contributed by atoms with Crippen LogP contribution in [0.15, 0.2) is 53.3 Å². The van der Waals surface area contributed by atoms with Gasteiger partial charge in [-0.3, -0.25) is 9.78 Å². The molecule has 0 aliphatic carbocycles. The summed E-state index contributed by atoms with van der Waals surface area (Å²) in [6, 6.07) is 13.3. The quantitative estimate of drug-likeness (QED) is 0.333. The van der Waals surface area contributed by atoms with Gasteiger partial charge in [-0.05, 0) is 49.7 Å². The number of benzene rings is 2. The van der Waals surface area contributed by atoms with E-state index in [-0.39, 0.29) is 11.6 Å². The summed E-state index contributed by atoms with van der Waals surface area (Å²) in [6.07, 6.45) is -2.39. The van der Waals surface area contributed by atoms with Crippen LogP contribution in [-0.4, -0.2) is 60.3 Å². The number of H-pyrrole nitrogens is 1. The molecule has 4 aromatic rings. The molecule has 204 valence electrons. The standard InChI is InChI=1S/C27H28F3N7OS/c28-27(29,30)17-5-3-7-19(15-17)36-11-13-37(14-12-36)26-34-23(32-18-6-4-10-31-16-18)22(24(38)35-26)25-33-20-8-1-2-9-21(20)39-25/h1-3,5,7-9,15,18,31H,4,6,10-14,16H2,(H2,32,34,35,38). The van der Waals surface area contributed by atoms with Crippen molar-refractivity contribution in [2.75, 3.05) is 54.4 Å². The van der Waals surface area contributed by atoms with Gasteiger partial charge in [0.25, 0.3) is 5.56 Å². The van der Waals surface area contributed by atoms with E-state index in [1.807, 2.05) is 34.1 Å². The summed E-state index contributed by atoms with van der Waals surface area (Å²) < 4.78 is 40.6. The Labute approximate surface area is 226 Å². The van der Waals surface area contributed by atoms with Crippen LogP contribution in [0.4, 0.5) is 30.6 Å². The molecule has 12 heteroatoms. The van der Waals surface area contributed by atoms with Crippen molar-refractivity contribution in [1.82, 2.24) is 20.3 Å². The number of aromatic nitrogens is 3. The first kappa shape index (κ1) is 25.6. The maximum Gasteiger partial charge on any atom is 0.416 e. The van der Waals surface area contributed by atoms with Crippen LogP contribution in [0.1, 0.15) is 18.4 Å². The Kier molecular flexibility index (Phi) is 6.90. The van der Waals surface area contributed by atoms with E-state index >= 15 is 0 Å². The molecule has 2 aromatic heterocycles. The summed E-state index contributed by atoms with van der Waals surface area (Å²) in [5.41, 5.74) is 0.853. The molecule has 2 fully saturated rings. The van der Waals surface area contributed by atoms with Crippen LogP contribution in [0.3, 0.4) is 0 Å². The molecule has 2 aromatic carbocycles. The summed E-state index contributed by atoms with van der Waals surface area (Å²) in [6.45, 7) is 3.75. The molecule has 2 aliphatic rings. The van der Waals surface area contributed by atoms with Crippen LogP contribution in [0.2, 0.25) is 0 Å². The van der Waals surface area contributed by atoms with E-state index < -0.39 is 11.7 Å². The number of hydrogen-bond acceptors (Lipinski definition) is 8. The van der Waals surface area contributed by atoms with Gasteiger partial charge in [-0.15, -0.1) is 11.3 Å². The Bertz CT molecular complexity index is 1490. The fourth-order valence-electron chi connectivity index (χ4n) is 5.12. The van der Waals surface area contributed by atoms with Gasteiger partial charge in [-0.2, -0.15) is 18.2 Å². The predicted molar refractivity (Wildman–Crippen MR) is 149 cm³/mol. The van der Waals surface area contributed by atoms with Crippen LogP contribution in [0.25, 0.3) is 20.8 Å². The number of fused-ring (bicyclic) bond motifs is 1. The van der Waals surface area contributed by atoms with Crippen LogP contribution in [-0.2, 0) is 6.18 Å². The molecule has 0 bridgehead atoms. The molecule has 0 radical (unpaired) electrons. The van der Waals surface area contributed by atoms with E-state index in [0.717, 1.165) is 42.2 Å². The van der Waals surface area contributed by atoms with Gasteiger partial charge in [0.05, 0.1) is 15.8 Å². The first-order valence-corrected chi connectivity index (χ1v) is 13.8. The molecule has 39 heavy (non-hydrogen) atoms. The van der Waals surface area contributed by atoms with Gasteiger partial charge in [-0.1, -0.05) is 18.2 Å². The minimum Gasteiger partial charge on any atom is -0.368 e. The average molecular weight is 556 g/mol. The van der Waals surface area contributed by atoms with Crippen molar-refractivity contribution in [3.63, 3.8) is 0 Å². The fraction of sp³-hybridized carbons (Fsp3) is 0.370. The molecule has 2 saturated heterocycles. The predicted octanol–water partition coefficient (Wildman–Crippen LogP) is 4.56. The number of rotatable bonds is 5. The summed E-state index contributed by atoms with van der Waals surface area (Å²) in [4.78, 5) is 29.9. The second-order valence-electron chi connectivity index (χ2n) is 9.81. The van der Waals surface area contributed by atoms with E-state index in [1.54, 1.807) is 6.07 Å². The average Bonchev–Trinajstić information content (AvgIpc) is 3.37. The Morgan fingerprint density at radius 3 is 2.54 bits per heavy atom. The SMILES string of the molecule is O=c1[nH]c(N2CCN(c3cccc(C(F)(F)F)c3)CC2)nc(NC2CCCNC2)c1-c1nc2ccccc2s1. The molecule has 8 nitrogen and oxygen atoms in total. The zero-order chi connectivity index (χ0) is 27.0. The zero-order valence-electron chi connectivity index (χ0n) is 21.1. The van der Waals surface area contributed by atoms with Crippen molar-refractivity contribution < 1.29 is 13.2 Å². The van der Waals surface area contributed by atoms with E-state index in [1.165, 1.54) is 23.5 Å². The van der Waals surface area contributed by atoms with Crippen LogP contribution < -0.4 is 26.0 Å². The second kappa shape index (κ2) is 10.5. The summed E-state index contributed by atoms with van der Waals surface area (Å²) >= 11 is 1.46. The third-order valence-corrected chi connectivity index (χ3v) is 8.22. The maximum absolute atomic E-state index is 13.5. The third-order valence-electron chi connectivity index (χ3n) is 7.17. The first-order chi connectivity index (χ1) is 18.8. The molecule has 0 amide bonds. The second-order valence-corrected chi connectivity index (χ2v) is 10.8. The highest BCUT2D eigenvalue weighted by atomic mass is 32.1. The lowest BCUT2D eigenvalue weighted by atomic mass is 10.1. The Hall–Kier alpha value is -3.64. The molecule has 2 aliphatic heterocycles. The van der Waals surface area contributed by atoms with Crippen LogP contribution in [0, 0.1) is 0 Å². The van der Waals surface area contributed by atoms with Gasteiger partial charge < -0.3 is 20.4 Å². The topological polar surface area (TPSA) is 89.2 Å². The Morgan fingerprint density at radius 1 is 1.00 bits per heavy atom. The number of hydrogen-bond donors (Lipinski definition) is 3. The van der Waals surface area contributed by atoms with Crippen molar-refractivity contribution in [1.29, 1.82) is 0 Å². The number of nitrogens with zero attached hydrogens (tertiary/aromatic N) is 4. The minimum absolute atomic E-state index is 0.131. The molecule has 3 N–H and O–H groups in total. The highest BCUT2D eigenvalue weighted by molar-refractivity contribution is 7.21. The van der Waals surface area contributed by atoms with Gasteiger partial charge in [0.1, 0.15) is 16.4 Å². The zero-order valence-corrected chi connectivity index (χ0v) is 21.9. The molecular weight excluding hydrogens is 527 g/mol. The van der Waals surface area contributed by atoms with E-state index in [4.69, 9.17) is 9.97 Å². The first-order valence-electron chi connectivity index (χ1n) is 13.0. The smallest absolute Gasteiger partial charge is 0.368 e. The van der Waals surface area contributed by atoms with Crippen LogP contribution in [0.5, 0.6) is 0 Å². The number of alkyl halides is 3. The summed E-state index contributed by atoms with van der Waals surface area (Å²) in [5, 5.41) is 7.49. The lowest BCUT2D eigenvalue weighted by Crippen LogP contribution is -2.47. The van der Waals surface area contributed by atoms with E-state index in [2.05, 4.69) is 15.6 Å². The molecule has 4 heterocycles. The van der Waals surface area contributed by atoms with Gasteiger partial charge >= 0.3 is 6.18 Å². The number of halogens is 3. The molecule has 1 unspecified atom stereocenters. The van der Waals surface area contributed by atoms with Crippen molar-refractivity contribution in [2.45, 2.75) is 25.1 Å². The summed E-state index contributed by atoms with van der Waals surface area (Å²) in [7, 11) is 0. The number of anilines is 3. The van der Waals surface area contributed by atoms with Crippen molar-refractivity contribution in [3.05, 3.63) is 64.4 Å². The Morgan fingerprint density at radius 2 is 1.79 bits per heavy atom. The highest BCUT2D eigenvalue weighted by Gasteiger charge is 2.31. The largest absolute Gasteiger partial charge is 0.416 e. The highest BCUT2D eigenvalue weighted by Crippen LogP contribution is 2.34. The monoisotopic (exact) mass is 555 g/mol. The number of thiazole rings is 1. The van der Waals surface area contributed by atoms with Gasteiger partial charge in [-0.25, -0.2) is 4.98 Å². The molecular formula is C27H28F3N7OS. The van der Waals surface area contributed by atoms with Crippen molar-refractivity contribution in [2.24, 2.45) is 0 Å². The van der Waals surface area contributed by atoms with E-state index in [0.29, 0.717) is 54.2 Å². The Balaban J connectivity index is 1.28. The third kappa shape index (κ3) is 5.44. The minimum atomic E-state index is -4.39. The van der Waals surface area contributed by atoms with Crippen molar-refractivity contribution >= 4 is 39.0 Å². The number of para-hydroxylation sites is 1. The van der Waals surface area contributed by atoms with Crippen LogP contribution >= 0.6 is 11.3 Å². The molecule has 0 saturated carbocycles. The van der Waals surface area contributed by atoms with Gasteiger partial charge in [0.2, 0.25) is 5.95 Å². The normalized spacial score (nSPS) is 18.5. The summed E-state index contributed by atoms with van der Waals surface area (Å²) in [5.74, 6) is 0.946. The number of piperidine rings is 1. The van der Waals surface area contributed by atoms with Crippen molar-refractivity contribution in [3.8, 4) is 10.6 Å². The fourth-order valence-corrected chi connectivity index (χ4v) is 6.13. The molecule has 1 atom stereocenters. The van der Waals surface area contributed by atoms with Gasteiger partial charge in [0.15, 0.2) is 0 Å². The lowest BCUT2D eigenvalue weighted by molar-refractivity contribution is -0.137.